The smallest absolute Gasteiger partial charge is 0.120 e. The molecule has 2 N–H and O–H groups in total. The summed E-state index contributed by atoms with van der Waals surface area (Å²) < 4.78 is 6.27. The zero-order chi connectivity index (χ0) is 13.8. The number of rotatable bonds is 7. The molecule has 2 unspecified atom stereocenters. The van der Waals surface area contributed by atoms with E-state index in [0.717, 1.165) is 22.6 Å². The second kappa shape index (κ2) is 6.73. The second-order valence-corrected chi connectivity index (χ2v) is 6.09. The molecule has 0 heterocycles. The number of hydrogen-bond donors (Lipinski definition) is 2. The van der Waals surface area contributed by atoms with E-state index >= 15 is 0 Å². The Kier molecular flexibility index (Phi) is 5.25. The van der Waals surface area contributed by atoms with Crippen LogP contribution in [0.5, 0.6) is 5.75 Å². The van der Waals surface area contributed by atoms with Crippen LogP contribution in [0.25, 0.3) is 0 Å². The van der Waals surface area contributed by atoms with Crippen LogP contribution in [0.1, 0.15) is 37.8 Å². The van der Waals surface area contributed by atoms with E-state index in [2.05, 4.69) is 34.2 Å². The fraction of sp³-hybridized carbons (Fsp3) is 0.600. The molecular weight excluding hydrogens is 306 g/mol. The molecule has 1 aromatic carbocycles. The molecule has 106 valence electrons. The van der Waals surface area contributed by atoms with E-state index in [1.165, 1.54) is 18.4 Å². The molecule has 0 radical (unpaired) electrons. The lowest BCUT2D eigenvalue weighted by Crippen LogP contribution is -2.34. The molecule has 2 rings (SSSR count). The van der Waals surface area contributed by atoms with Gasteiger partial charge < -0.3 is 15.2 Å². The number of methoxy groups -OCH3 is 1. The maximum absolute atomic E-state index is 9.15. The molecule has 3 nitrogen and oxygen atoms in total. The predicted molar refractivity (Wildman–Crippen MR) is 80.5 cm³/mol. The third kappa shape index (κ3) is 3.94. The summed E-state index contributed by atoms with van der Waals surface area (Å²) in [6.45, 7) is 2.42. The predicted octanol–water partition coefficient (Wildman–Crippen LogP) is 3.27. The van der Waals surface area contributed by atoms with Crippen LogP contribution >= 0.6 is 15.9 Å². The van der Waals surface area contributed by atoms with Gasteiger partial charge in [-0.15, -0.1) is 0 Å². The molecule has 0 aliphatic heterocycles. The molecule has 0 saturated heterocycles. The van der Waals surface area contributed by atoms with Gasteiger partial charge >= 0.3 is 0 Å². The summed E-state index contributed by atoms with van der Waals surface area (Å²) in [7, 11) is 1.67. The van der Waals surface area contributed by atoms with E-state index in [1.54, 1.807) is 7.11 Å². The molecule has 19 heavy (non-hydrogen) atoms. The van der Waals surface area contributed by atoms with Gasteiger partial charge in [-0.3, -0.25) is 0 Å². The highest BCUT2D eigenvalue weighted by molar-refractivity contribution is 9.10. The van der Waals surface area contributed by atoms with E-state index < -0.39 is 0 Å². The standard InChI is InChI=1S/C15H22BrNO2/c1-10(17-15(7-8-18)11-3-4-11)13-6-5-12(19-2)9-14(13)16/h5-6,9-11,15,17-18H,3-4,7-8H2,1-2H3. The van der Waals surface area contributed by atoms with Crippen molar-refractivity contribution in [2.45, 2.75) is 38.3 Å². The molecule has 1 fully saturated rings. The molecule has 0 amide bonds. The van der Waals surface area contributed by atoms with E-state index in [-0.39, 0.29) is 12.6 Å². The number of hydrogen-bond acceptors (Lipinski definition) is 3. The van der Waals surface area contributed by atoms with Crippen molar-refractivity contribution in [1.29, 1.82) is 0 Å². The number of halogens is 1. The van der Waals surface area contributed by atoms with E-state index in [1.807, 2.05) is 12.1 Å². The van der Waals surface area contributed by atoms with E-state index in [9.17, 15) is 0 Å². The third-order valence-corrected chi connectivity index (χ3v) is 4.46. The van der Waals surface area contributed by atoms with Crippen molar-refractivity contribution in [2.24, 2.45) is 5.92 Å². The molecule has 0 aromatic heterocycles. The third-order valence-electron chi connectivity index (χ3n) is 3.77. The fourth-order valence-corrected chi connectivity index (χ4v) is 3.19. The first-order valence-electron chi connectivity index (χ1n) is 6.86. The first kappa shape index (κ1) is 14.8. The monoisotopic (exact) mass is 327 g/mol. The molecule has 0 spiro atoms. The molecule has 2 atom stereocenters. The molecule has 4 heteroatoms. The van der Waals surface area contributed by atoms with Crippen LogP contribution in [0.2, 0.25) is 0 Å². The molecule has 1 aliphatic rings. The van der Waals surface area contributed by atoms with E-state index in [4.69, 9.17) is 9.84 Å². The number of aliphatic hydroxyl groups is 1. The highest BCUT2D eigenvalue weighted by Gasteiger charge is 2.31. The van der Waals surface area contributed by atoms with Crippen LogP contribution in [0.15, 0.2) is 22.7 Å². The minimum Gasteiger partial charge on any atom is -0.497 e. The minimum absolute atomic E-state index is 0.255. The maximum atomic E-state index is 9.15. The van der Waals surface area contributed by atoms with Gasteiger partial charge in [0.1, 0.15) is 5.75 Å². The van der Waals surface area contributed by atoms with Gasteiger partial charge in [0.15, 0.2) is 0 Å². The van der Waals surface area contributed by atoms with E-state index in [0.29, 0.717) is 6.04 Å². The molecule has 1 aromatic rings. The van der Waals surface area contributed by atoms with Crippen LogP contribution in [0, 0.1) is 5.92 Å². The normalized spacial score (nSPS) is 18.1. The Morgan fingerprint density at radius 3 is 2.74 bits per heavy atom. The summed E-state index contributed by atoms with van der Waals surface area (Å²) in [6.07, 6.45) is 3.41. The SMILES string of the molecule is COc1ccc(C(C)NC(CCO)C2CC2)c(Br)c1. The van der Waals surface area contributed by atoms with Gasteiger partial charge in [0.25, 0.3) is 0 Å². The second-order valence-electron chi connectivity index (χ2n) is 5.23. The zero-order valence-corrected chi connectivity index (χ0v) is 13.1. The number of ether oxygens (including phenoxy) is 1. The van der Waals surface area contributed by atoms with Gasteiger partial charge in [0.2, 0.25) is 0 Å². The van der Waals surface area contributed by atoms with Gasteiger partial charge in [-0.05, 0) is 49.8 Å². The molecule has 1 saturated carbocycles. The number of aliphatic hydroxyl groups excluding tert-OH is 1. The van der Waals surface area contributed by atoms with Crippen LogP contribution in [0.4, 0.5) is 0 Å². The summed E-state index contributed by atoms with van der Waals surface area (Å²) >= 11 is 3.60. The van der Waals surface area contributed by atoms with Gasteiger partial charge in [-0.2, -0.15) is 0 Å². The molecular formula is C15H22BrNO2. The van der Waals surface area contributed by atoms with Crippen molar-refractivity contribution in [3.8, 4) is 5.75 Å². The Morgan fingerprint density at radius 2 is 2.21 bits per heavy atom. The van der Waals surface area contributed by atoms with Crippen molar-refractivity contribution in [2.75, 3.05) is 13.7 Å². The number of nitrogens with one attached hydrogen (secondary N) is 1. The molecule has 0 bridgehead atoms. The van der Waals surface area contributed by atoms with Crippen molar-refractivity contribution in [1.82, 2.24) is 5.32 Å². The lowest BCUT2D eigenvalue weighted by atomic mass is 10.0. The largest absolute Gasteiger partial charge is 0.497 e. The van der Waals surface area contributed by atoms with Crippen LogP contribution in [-0.4, -0.2) is 24.9 Å². The summed E-state index contributed by atoms with van der Waals surface area (Å²) in [5.41, 5.74) is 1.23. The Bertz CT molecular complexity index is 421. The summed E-state index contributed by atoms with van der Waals surface area (Å²) in [6, 6.07) is 6.75. The average molecular weight is 328 g/mol. The Balaban J connectivity index is 2.03. The highest BCUT2D eigenvalue weighted by atomic mass is 79.9. The fourth-order valence-electron chi connectivity index (χ4n) is 2.49. The summed E-state index contributed by atoms with van der Waals surface area (Å²) in [4.78, 5) is 0. The Morgan fingerprint density at radius 1 is 1.47 bits per heavy atom. The van der Waals surface area contributed by atoms with Gasteiger partial charge in [-0.25, -0.2) is 0 Å². The minimum atomic E-state index is 0.255. The van der Waals surface area contributed by atoms with Crippen LogP contribution in [0.3, 0.4) is 0 Å². The lowest BCUT2D eigenvalue weighted by Gasteiger charge is -2.24. The van der Waals surface area contributed by atoms with Gasteiger partial charge in [0, 0.05) is 23.2 Å². The Labute approximate surface area is 123 Å². The Hall–Kier alpha value is -0.580. The quantitative estimate of drug-likeness (QED) is 0.807. The lowest BCUT2D eigenvalue weighted by molar-refractivity contribution is 0.250. The summed E-state index contributed by atoms with van der Waals surface area (Å²) in [5, 5.41) is 12.8. The highest BCUT2D eigenvalue weighted by Crippen LogP contribution is 2.36. The number of benzene rings is 1. The van der Waals surface area contributed by atoms with Crippen LogP contribution in [-0.2, 0) is 0 Å². The van der Waals surface area contributed by atoms with Crippen molar-refractivity contribution >= 4 is 15.9 Å². The van der Waals surface area contributed by atoms with Crippen molar-refractivity contribution in [3.63, 3.8) is 0 Å². The van der Waals surface area contributed by atoms with Crippen molar-refractivity contribution < 1.29 is 9.84 Å². The summed E-state index contributed by atoms with van der Waals surface area (Å²) in [5.74, 6) is 1.60. The molecule has 1 aliphatic carbocycles. The average Bonchev–Trinajstić information content (AvgIpc) is 3.22. The topological polar surface area (TPSA) is 41.5 Å². The maximum Gasteiger partial charge on any atom is 0.120 e. The van der Waals surface area contributed by atoms with Crippen molar-refractivity contribution in [3.05, 3.63) is 28.2 Å². The first-order valence-corrected chi connectivity index (χ1v) is 7.65. The van der Waals surface area contributed by atoms with Gasteiger partial charge in [0.05, 0.1) is 7.11 Å². The van der Waals surface area contributed by atoms with Crippen LogP contribution < -0.4 is 10.1 Å². The van der Waals surface area contributed by atoms with Gasteiger partial charge in [-0.1, -0.05) is 22.0 Å². The zero-order valence-electron chi connectivity index (χ0n) is 11.5. The first-order chi connectivity index (χ1) is 9.15.